The lowest BCUT2D eigenvalue weighted by Gasteiger charge is -1.97. The molecule has 0 spiro atoms. The van der Waals surface area contributed by atoms with E-state index in [1.54, 1.807) is 6.92 Å². The second-order valence-corrected chi connectivity index (χ2v) is 2.03. The lowest BCUT2D eigenvalue weighted by molar-refractivity contribution is 0.0689. The zero-order valence-electron chi connectivity index (χ0n) is 6.31. The van der Waals surface area contributed by atoms with Crippen LogP contribution in [0, 0.1) is 6.92 Å². The number of halogens is 1. The number of rotatable bonds is 1. The number of carboxylic acids is 1. The van der Waals surface area contributed by atoms with Crippen LogP contribution in [0.4, 0.5) is 5.82 Å². The number of nitrogens with zero attached hydrogens (tertiary/aromatic N) is 2. The zero-order chi connectivity index (χ0) is 8.43. The average molecular weight is 190 g/mol. The smallest absolute Gasteiger partial charge is 0.356 e. The summed E-state index contributed by atoms with van der Waals surface area (Å²) in [7, 11) is 0. The van der Waals surface area contributed by atoms with Crippen LogP contribution in [0.5, 0.6) is 0 Å². The molecule has 0 amide bonds. The van der Waals surface area contributed by atoms with Crippen LogP contribution in [-0.4, -0.2) is 21.0 Å². The molecular weight excluding hydrogens is 182 g/mol. The number of aryl methyl sites for hydroxylation is 1. The van der Waals surface area contributed by atoms with E-state index >= 15 is 0 Å². The number of anilines is 1. The summed E-state index contributed by atoms with van der Waals surface area (Å²) in [6, 6.07) is 0. The Morgan fingerprint density at radius 3 is 2.67 bits per heavy atom. The average Bonchev–Trinajstić information content (AvgIpc) is 1.85. The maximum absolute atomic E-state index is 10.4. The minimum Gasteiger partial charge on any atom is -0.476 e. The highest BCUT2D eigenvalue weighted by Crippen LogP contribution is 2.02. The van der Waals surface area contributed by atoms with Crippen LogP contribution in [0.3, 0.4) is 0 Å². The van der Waals surface area contributed by atoms with Gasteiger partial charge in [0.15, 0.2) is 5.69 Å². The van der Waals surface area contributed by atoms with E-state index < -0.39 is 5.97 Å². The topological polar surface area (TPSA) is 89.1 Å². The number of nitrogens with two attached hydrogens (primary N) is 1. The standard InChI is InChI=1S/C6H7N3O2.ClH/c1-3-5(6(10)11)8-2-4(7)9-3;/h2H,1H3,(H2,7,9)(H,10,11);1H. The maximum atomic E-state index is 10.4. The maximum Gasteiger partial charge on any atom is 0.356 e. The van der Waals surface area contributed by atoms with Crippen molar-refractivity contribution in [2.75, 3.05) is 5.73 Å². The number of nitrogen functional groups attached to an aromatic ring is 1. The Morgan fingerprint density at radius 2 is 2.25 bits per heavy atom. The Balaban J connectivity index is 0.00000121. The minimum absolute atomic E-state index is 0. The molecule has 0 radical (unpaired) electrons. The normalized spacial score (nSPS) is 8.75. The van der Waals surface area contributed by atoms with Gasteiger partial charge >= 0.3 is 5.97 Å². The summed E-state index contributed by atoms with van der Waals surface area (Å²) < 4.78 is 0. The molecule has 3 N–H and O–H groups in total. The summed E-state index contributed by atoms with van der Waals surface area (Å²) in [5, 5.41) is 8.51. The van der Waals surface area contributed by atoms with Gasteiger partial charge in [0.05, 0.1) is 11.9 Å². The third kappa shape index (κ3) is 2.06. The van der Waals surface area contributed by atoms with Crippen LogP contribution in [0.1, 0.15) is 16.2 Å². The molecule has 1 rings (SSSR count). The number of aromatic nitrogens is 2. The van der Waals surface area contributed by atoms with Gasteiger partial charge in [0, 0.05) is 0 Å². The summed E-state index contributed by atoms with van der Waals surface area (Å²) >= 11 is 0. The SMILES string of the molecule is Cc1nc(N)cnc1C(=O)O.Cl. The first-order valence-electron chi connectivity index (χ1n) is 2.93. The van der Waals surface area contributed by atoms with Crippen LogP contribution < -0.4 is 5.73 Å². The van der Waals surface area contributed by atoms with E-state index in [4.69, 9.17) is 10.8 Å². The number of aromatic carboxylic acids is 1. The fraction of sp³-hybridized carbons (Fsp3) is 0.167. The zero-order valence-corrected chi connectivity index (χ0v) is 7.13. The predicted molar refractivity (Wildman–Crippen MR) is 45.4 cm³/mol. The van der Waals surface area contributed by atoms with E-state index in [9.17, 15) is 4.79 Å². The summed E-state index contributed by atoms with van der Waals surface area (Å²) in [6.45, 7) is 1.55. The molecule has 0 saturated carbocycles. The Kier molecular flexibility index (Phi) is 3.43. The molecular formula is C6H8ClN3O2. The molecule has 12 heavy (non-hydrogen) atoms. The first-order chi connectivity index (χ1) is 5.11. The predicted octanol–water partition coefficient (Wildman–Crippen LogP) is 0.487. The molecule has 66 valence electrons. The van der Waals surface area contributed by atoms with Crippen molar-refractivity contribution in [3.05, 3.63) is 17.6 Å². The van der Waals surface area contributed by atoms with Gasteiger partial charge in [0.2, 0.25) is 0 Å². The highest BCUT2D eigenvalue weighted by Gasteiger charge is 2.08. The first kappa shape index (κ1) is 10.6. The molecule has 0 aliphatic carbocycles. The highest BCUT2D eigenvalue weighted by molar-refractivity contribution is 5.86. The van der Waals surface area contributed by atoms with E-state index in [1.165, 1.54) is 6.20 Å². The van der Waals surface area contributed by atoms with E-state index in [-0.39, 0.29) is 23.9 Å². The lowest BCUT2D eigenvalue weighted by atomic mass is 10.3. The van der Waals surface area contributed by atoms with Crippen molar-refractivity contribution in [3.8, 4) is 0 Å². The number of carboxylic acid groups (broad SMARTS) is 1. The van der Waals surface area contributed by atoms with Crippen LogP contribution in [0.25, 0.3) is 0 Å². The van der Waals surface area contributed by atoms with Gasteiger partial charge in [-0.05, 0) is 6.92 Å². The molecule has 0 bridgehead atoms. The van der Waals surface area contributed by atoms with Crippen molar-refractivity contribution in [2.45, 2.75) is 6.92 Å². The highest BCUT2D eigenvalue weighted by atomic mass is 35.5. The largest absolute Gasteiger partial charge is 0.476 e. The number of hydrogen-bond acceptors (Lipinski definition) is 4. The van der Waals surface area contributed by atoms with Gasteiger partial charge in [-0.2, -0.15) is 0 Å². The van der Waals surface area contributed by atoms with E-state index in [1.807, 2.05) is 0 Å². The van der Waals surface area contributed by atoms with Gasteiger partial charge in [-0.15, -0.1) is 12.4 Å². The van der Waals surface area contributed by atoms with Gasteiger partial charge < -0.3 is 10.8 Å². The van der Waals surface area contributed by atoms with Crippen molar-refractivity contribution >= 4 is 24.2 Å². The van der Waals surface area contributed by atoms with Crippen molar-refractivity contribution in [2.24, 2.45) is 0 Å². The summed E-state index contributed by atoms with van der Waals surface area (Å²) in [5.41, 5.74) is 5.54. The third-order valence-electron chi connectivity index (χ3n) is 1.17. The van der Waals surface area contributed by atoms with Crippen LogP contribution in [0.2, 0.25) is 0 Å². The lowest BCUT2D eigenvalue weighted by Crippen LogP contribution is -2.06. The van der Waals surface area contributed by atoms with Gasteiger partial charge in [0.1, 0.15) is 5.82 Å². The van der Waals surface area contributed by atoms with Crippen molar-refractivity contribution in [1.29, 1.82) is 0 Å². The molecule has 0 aliphatic rings. The molecule has 0 aliphatic heterocycles. The van der Waals surface area contributed by atoms with Gasteiger partial charge in [-0.3, -0.25) is 0 Å². The van der Waals surface area contributed by atoms with Crippen molar-refractivity contribution in [1.82, 2.24) is 9.97 Å². The molecule has 1 heterocycles. The van der Waals surface area contributed by atoms with Crippen molar-refractivity contribution < 1.29 is 9.90 Å². The van der Waals surface area contributed by atoms with Crippen LogP contribution >= 0.6 is 12.4 Å². The van der Waals surface area contributed by atoms with Crippen LogP contribution in [-0.2, 0) is 0 Å². The molecule has 1 aromatic heterocycles. The molecule has 0 saturated heterocycles. The molecule has 0 aromatic carbocycles. The third-order valence-corrected chi connectivity index (χ3v) is 1.17. The van der Waals surface area contributed by atoms with E-state index in [0.717, 1.165) is 0 Å². The monoisotopic (exact) mass is 189 g/mol. The number of carbonyl (C=O) groups is 1. The second kappa shape index (κ2) is 3.87. The molecule has 1 aromatic rings. The fourth-order valence-electron chi connectivity index (χ4n) is 0.710. The van der Waals surface area contributed by atoms with Gasteiger partial charge in [-0.25, -0.2) is 14.8 Å². The Labute approximate surface area is 75.0 Å². The number of hydrogen-bond donors (Lipinski definition) is 2. The summed E-state index contributed by atoms with van der Waals surface area (Å²) in [6.07, 6.45) is 1.22. The fourth-order valence-corrected chi connectivity index (χ4v) is 0.710. The van der Waals surface area contributed by atoms with Gasteiger partial charge in [-0.1, -0.05) is 0 Å². The van der Waals surface area contributed by atoms with E-state index in [0.29, 0.717) is 5.69 Å². The second-order valence-electron chi connectivity index (χ2n) is 2.03. The minimum atomic E-state index is -1.09. The Hall–Kier alpha value is -1.36. The molecule has 5 nitrogen and oxygen atoms in total. The molecule has 0 unspecified atom stereocenters. The Morgan fingerprint density at radius 1 is 1.67 bits per heavy atom. The molecule has 6 heteroatoms. The van der Waals surface area contributed by atoms with Crippen molar-refractivity contribution in [3.63, 3.8) is 0 Å². The summed E-state index contributed by atoms with van der Waals surface area (Å²) in [5.74, 6) is -0.859. The van der Waals surface area contributed by atoms with Crippen LogP contribution in [0.15, 0.2) is 6.20 Å². The molecule has 0 atom stereocenters. The van der Waals surface area contributed by atoms with Gasteiger partial charge in [0.25, 0.3) is 0 Å². The Bertz CT molecular complexity index is 303. The first-order valence-corrected chi connectivity index (χ1v) is 2.93. The van der Waals surface area contributed by atoms with E-state index in [2.05, 4.69) is 9.97 Å². The quantitative estimate of drug-likeness (QED) is 0.671. The molecule has 0 fully saturated rings. The summed E-state index contributed by atoms with van der Waals surface area (Å²) in [4.78, 5) is 17.7.